The molecule has 142 valence electrons. The number of nitrogens with two attached hydrogens (primary N) is 1. The van der Waals surface area contributed by atoms with Crippen LogP contribution in [0.4, 0.5) is 17.1 Å². The molecule has 0 aromatic heterocycles. The molecule has 1 saturated carbocycles. The van der Waals surface area contributed by atoms with Crippen molar-refractivity contribution in [3.63, 3.8) is 0 Å². The van der Waals surface area contributed by atoms with Crippen molar-refractivity contribution in [3.8, 4) is 0 Å². The molecule has 0 atom stereocenters. The van der Waals surface area contributed by atoms with E-state index in [4.69, 9.17) is 5.73 Å². The lowest BCUT2D eigenvalue weighted by Gasteiger charge is -2.26. The Morgan fingerprint density at radius 2 is 1.93 bits per heavy atom. The van der Waals surface area contributed by atoms with E-state index in [0.717, 1.165) is 46.1 Å². The number of carbonyl (C=O) groups is 1. The van der Waals surface area contributed by atoms with Crippen LogP contribution in [0.3, 0.4) is 0 Å². The van der Waals surface area contributed by atoms with Gasteiger partial charge in [0.15, 0.2) is 0 Å². The molecule has 0 bridgehead atoms. The summed E-state index contributed by atoms with van der Waals surface area (Å²) in [5, 5.41) is 14.8. The van der Waals surface area contributed by atoms with E-state index in [-0.39, 0.29) is 17.2 Å². The maximum absolute atomic E-state index is 12.1. The zero-order chi connectivity index (χ0) is 19.6. The highest BCUT2D eigenvalue weighted by molar-refractivity contribution is 14.1. The van der Waals surface area contributed by atoms with Gasteiger partial charge in [0.05, 0.1) is 16.2 Å². The molecule has 0 unspecified atom stereocenters. The number of primary amides is 1. The number of hydrogen-bond acceptors (Lipinski definition) is 4. The van der Waals surface area contributed by atoms with Crippen LogP contribution in [-0.4, -0.2) is 10.8 Å². The standard InChI is InChI=1S/C20H22IN3O3/c1-12-9-14(21)7-8-18(12)23-19-16(13-5-3-2-4-6-13)10-15(24(26)27)11-17(19)20(22)25/h7-11,13,23H,2-6H2,1H3,(H2,22,25). The van der Waals surface area contributed by atoms with Crippen molar-refractivity contribution in [2.45, 2.75) is 44.9 Å². The molecule has 7 heteroatoms. The van der Waals surface area contributed by atoms with Crippen LogP contribution in [0.5, 0.6) is 0 Å². The first kappa shape index (κ1) is 19.6. The molecule has 0 heterocycles. The van der Waals surface area contributed by atoms with Crippen molar-refractivity contribution >= 4 is 45.6 Å². The third-order valence-corrected chi connectivity index (χ3v) is 5.79. The number of hydrogen-bond donors (Lipinski definition) is 2. The van der Waals surface area contributed by atoms with Gasteiger partial charge in [0.25, 0.3) is 11.6 Å². The smallest absolute Gasteiger partial charge is 0.270 e. The Morgan fingerprint density at radius 3 is 2.52 bits per heavy atom. The van der Waals surface area contributed by atoms with Gasteiger partial charge < -0.3 is 11.1 Å². The minimum atomic E-state index is -0.665. The first-order valence-electron chi connectivity index (χ1n) is 9.02. The number of carbonyl (C=O) groups excluding carboxylic acids is 1. The Morgan fingerprint density at radius 1 is 1.22 bits per heavy atom. The fourth-order valence-electron chi connectivity index (χ4n) is 3.73. The van der Waals surface area contributed by atoms with Crippen LogP contribution in [0.2, 0.25) is 0 Å². The Labute approximate surface area is 171 Å². The van der Waals surface area contributed by atoms with Gasteiger partial charge in [0, 0.05) is 21.4 Å². The summed E-state index contributed by atoms with van der Waals surface area (Å²) < 4.78 is 1.11. The highest BCUT2D eigenvalue weighted by Gasteiger charge is 2.26. The number of nitrogens with zero attached hydrogens (tertiary/aromatic N) is 1. The summed E-state index contributed by atoms with van der Waals surface area (Å²) in [6.45, 7) is 1.99. The van der Waals surface area contributed by atoms with Gasteiger partial charge in [-0.2, -0.15) is 0 Å². The third-order valence-electron chi connectivity index (χ3n) is 5.12. The van der Waals surface area contributed by atoms with Crippen LogP contribution in [-0.2, 0) is 0 Å². The molecule has 0 aliphatic heterocycles. The zero-order valence-electron chi connectivity index (χ0n) is 15.1. The average molecular weight is 479 g/mol. The van der Waals surface area contributed by atoms with Gasteiger partial charge in [-0.25, -0.2) is 0 Å². The largest absolute Gasteiger partial charge is 0.366 e. The van der Waals surface area contributed by atoms with E-state index in [1.54, 1.807) is 6.07 Å². The van der Waals surface area contributed by atoms with Gasteiger partial charge in [-0.05, 0) is 77.6 Å². The van der Waals surface area contributed by atoms with E-state index < -0.39 is 10.8 Å². The number of nitrogens with one attached hydrogen (secondary N) is 1. The molecular weight excluding hydrogens is 457 g/mol. The fraction of sp³-hybridized carbons (Fsp3) is 0.350. The van der Waals surface area contributed by atoms with Crippen molar-refractivity contribution in [2.75, 3.05) is 5.32 Å². The Kier molecular flexibility index (Phi) is 5.98. The Bertz CT molecular complexity index is 892. The van der Waals surface area contributed by atoms with E-state index in [1.807, 2.05) is 25.1 Å². The predicted molar refractivity (Wildman–Crippen MR) is 115 cm³/mol. The number of rotatable bonds is 5. The molecule has 1 aliphatic carbocycles. The molecule has 0 radical (unpaired) electrons. The summed E-state index contributed by atoms with van der Waals surface area (Å²) in [6.07, 6.45) is 5.26. The Hall–Kier alpha value is -2.16. The first-order valence-corrected chi connectivity index (χ1v) is 10.1. The summed E-state index contributed by atoms with van der Waals surface area (Å²) in [5.74, 6) is -0.482. The Balaban J connectivity index is 2.15. The van der Waals surface area contributed by atoms with Crippen molar-refractivity contribution < 1.29 is 9.72 Å². The van der Waals surface area contributed by atoms with Crippen LogP contribution in [0.25, 0.3) is 0 Å². The van der Waals surface area contributed by atoms with Gasteiger partial charge in [-0.15, -0.1) is 0 Å². The van der Waals surface area contributed by atoms with Gasteiger partial charge in [0.2, 0.25) is 0 Å². The second-order valence-corrected chi connectivity index (χ2v) is 8.24. The maximum atomic E-state index is 12.1. The van der Waals surface area contributed by atoms with E-state index in [0.29, 0.717) is 5.69 Å². The average Bonchev–Trinajstić information content (AvgIpc) is 2.64. The molecule has 27 heavy (non-hydrogen) atoms. The number of nitro benzene ring substituents is 1. The van der Waals surface area contributed by atoms with E-state index in [2.05, 4.69) is 27.9 Å². The van der Waals surface area contributed by atoms with Crippen LogP contribution in [0.1, 0.15) is 59.5 Å². The van der Waals surface area contributed by atoms with Crippen molar-refractivity contribution in [2.24, 2.45) is 5.73 Å². The highest BCUT2D eigenvalue weighted by Crippen LogP contribution is 2.41. The highest BCUT2D eigenvalue weighted by atomic mass is 127. The molecule has 3 rings (SSSR count). The number of non-ortho nitro benzene ring substituents is 1. The molecule has 3 N–H and O–H groups in total. The number of anilines is 2. The lowest BCUT2D eigenvalue weighted by atomic mass is 9.82. The van der Waals surface area contributed by atoms with Gasteiger partial charge in [0.1, 0.15) is 0 Å². The fourth-order valence-corrected chi connectivity index (χ4v) is 4.37. The van der Waals surface area contributed by atoms with Gasteiger partial charge in [-0.3, -0.25) is 14.9 Å². The molecule has 1 amide bonds. The summed E-state index contributed by atoms with van der Waals surface area (Å²) in [4.78, 5) is 23.1. The van der Waals surface area contributed by atoms with Crippen molar-refractivity contribution in [1.29, 1.82) is 0 Å². The number of halogens is 1. The molecule has 2 aromatic carbocycles. The minimum absolute atomic E-state index is 0.0887. The molecule has 6 nitrogen and oxygen atoms in total. The molecule has 1 fully saturated rings. The SMILES string of the molecule is Cc1cc(I)ccc1Nc1c(C(N)=O)cc([N+](=O)[O-])cc1C1CCCCC1. The van der Waals surface area contributed by atoms with Crippen LogP contribution in [0, 0.1) is 20.6 Å². The van der Waals surface area contributed by atoms with Crippen LogP contribution < -0.4 is 11.1 Å². The second kappa shape index (κ2) is 8.24. The number of benzene rings is 2. The minimum Gasteiger partial charge on any atom is -0.366 e. The maximum Gasteiger partial charge on any atom is 0.270 e. The lowest BCUT2D eigenvalue weighted by molar-refractivity contribution is -0.384. The van der Waals surface area contributed by atoms with Gasteiger partial charge in [-0.1, -0.05) is 19.3 Å². The van der Waals surface area contributed by atoms with Crippen LogP contribution >= 0.6 is 22.6 Å². The molecule has 0 saturated heterocycles. The topological polar surface area (TPSA) is 98.3 Å². The number of amides is 1. The monoisotopic (exact) mass is 479 g/mol. The zero-order valence-corrected chi connectivity index (χ0v) is 17.3. The molecule has 1 aliphatic rings. The van der Waals surface area contributed by atoms with Crippen molar-refractivity contribution in [1.82, 2.24) is 0 Å². The summed E-state index contributed by atoms with van der Waals surface area (Å²) >= 11 is 2.25. The number of nitro groups is 1. The van der Waals surface area contributed by atoms with E-state index >= 15 is 0 Å². The summed E-state index contributed by atoms with van der Waals surface area (Å²) in [7, 11) is 0. The first-order chi connectivity index (χ1) is 12.9. The number of aryl methyl sites for hydroxylation is 1. The van der Waals surface area contributed by atoms with Crippen molar-refractivity contribution in [3.05, 3.63) is 60.7 Å². The molecule has 2 aromatic rings. The van der Waals surface area contributed by atoms with Gasteiger partial charge >= 0.3 is 0 Å². The normalized spacial score (nSPS) is 14.7. The predicted octanol–water partition coefficient (Wildman–Crippen LogP) is 5.40. The van der Waals surface area contributed by atoms with E-state index in [1.165, 1.54) is 12.5 Å². The summed E-state index contributed by atoms with van der Waals surface area (Å²) in [6, 6.07) is 8.85. The quantitative estimate of drug-likeness (QED) is 0.341. The molecular formula is C20H22IN3O3. The third kappa shape index (κ3) is 4.40. The second-order valence-electron chi connectivity index (χ2n) is 7.00. The molecule has 0 spiro atoms. The van der Waals surface area contributed by atoms with E-state index in [9.17, 15) is 14.9 Å². The van der Waals surface area contributed by atoms with Crippen LogP contribution in [0.15, 0.2) is 30.3 Å². The lowest BCUT2D eigenvalue weighted by Crippen LogP contribution is -2.17. The summed E-state index contributed by atoms with van der Waals surface area (Å²) in [5.41, 5.74) is 8.99.